The van der Waals surface area contributed by atoms with Crippen LogP contribution in [0.15, 0.2) is 47.4 Å². The Bertz CT molecular complexity index is 876. The van der Waals surface area contributed by atoms with E-state index in [0.29, 0.717) is 16.8 Å². The largest absolute Gasteiger partial charge is 0.300 e. The van der Waals surface area contributed by atoms with Crippen LogP contribution in [0.5, 0.6) is 0 Å². The second-order valence-corrected chi connectivity index (χ2v) is 9.26. The fourth-order valence-corrected chi connectivity index (χ4v) is 4.97. The van der Waals surface area contributed by atoms with E-state index in [9.17, 15) is 8.42 Å². The molecule has 0 saturated heterocycles. The summed E-state index contributed by atoms with van der Waals surface area (Å²) in [7, 11) is -3.61. The maximum Gasteiger partial charge on any atom is 0.261 e. The minimum absolute atomic E-state index is 0.211. The molecule has 0 bridgehead atoms. The van der Waals surface area contributed by atoms with Crippen molar-refractivity contribution in [2.75, 3.05) is 17.8 Å². The molecule has 3 rings (SSSR count). The van der Waals surface area contributed by atoms with Crippen molar-refractivity contribution in [3.63, 3.8) is 0 Å². The average molecular weight is 407 g/mol. The van der Waals surface area contributed by atoms with Crippen molar-refractivity contribution in [3.8, 4) is 0 Å². The molecule has 1 atom stereocenters. The fourth-order valence-electron chi connectivity index (χ4n) is 3.80. The normalized spacial score (nSPS) is 16.5. The molecule has 0 heterocycles. The lowest BCUT2D eigenvalue weighted by molar-refractivity contribution is 0.202. The molecule has 1 unspecified atom stereocenters. The van der Waals surface area contributed by atoms with Crippen molar-refractivity contribution in [2.24, 2.45) is 0 Å². The molecule has 1 N–H and O–H groups in total. The molecule has 2 aromatic carbocycles. The van der Waals surface area contributed by atoms with Crippen molar-refractivity contribution in [1.29, 1.82) is 0 Å². The van der Waals surface area contributed by atoms with Crippen LogP contribution in [0.25, 0.3) is 0 Å². The van der Waals surface area contributed by atoms with Crippen molar-refractivity contribution in [3.05, 3.63) is 58.6 Å². The molecule has 146 valence electrons. The first-order valence-corrected chi connectivity index (χ1v) is 11.4. The second kappa shape index (κ2) is 8.63. The maximum atomic E-state index is 12.6. The number of hydrogen-bond donors (Lipinski definition) is 1. The Balaban J connectivity index is 1.75. The number of hydrogen-bond acceptors (Lipinski definition) is 3. The first-order chi connectivity index (χ1) is 12.9. The lowest BCUT2D eigenvalue weighted by Gasteiger charge is -2.27. The number of anilines is 1. The van der Waals surface area contributed by atoms with Crippen LogP contribution in [0.2, 0.25) is 5.02 Å². The molecule has 0 amide bonds. The summed E-state index contributed by atoms with van der Waals surface area (Å²) < 4.78 is 27.9. The van der Waals surface area contributed by atoms with E-state index in [4.69, 9.17) is 11.6 Å². The molecule has 6 heteroatoms. The molecule has 0 aromatic heterocycles. The monoisotopic (exact) mass is 406 g/mol. The highest BCUT2D eigenvalue weighted by molar-refractivity contribution is 7.92. The van der Waals surface area contributed by atoms with E-state index in [2.05, 4.69) is 29.5 Å². The molecule has 1 aliphatic carbocycles. The fraction of sp³-hybridized carbons (Fsp3) is 0.429. The Morgan fingerprint density at radius 2 is 1.63 bits per heavy atom. The Hall–Kier alpha value is -1.56. The summed E-state index contributed by atoms with van der Waals surface area (Å²) in [5.74, 6) is 0. The summed E-state index contributed by atoms with van der Waals surface area (Å²) >= 11 is 5.85. The van der Waals surface area contributed by atoms with Gasteiger partial charge in [0.25, 0.3) is 10.0 Å². The van der Waals surface area contributed by atoms with Crippen LogP contribution in [0.1, 0.15) is 37.8 Å². The van der Waals surface area contributed by atoms with Gasteiger partial charge in [-0.2, -0.15) is 0 Å². The van der Waals surface area contributed by atoms with E-state index in [1.807, 2.05) is 12.1 Å². The number of nitrogens with one attached hydrogen (secondary N) is 1. The number of sulfonamides is 1. The molecule has 0 saturated carbocycles. The van der Waals surface area contributed by atoms with Gasteiger partial charge in [-0.05, 0) is 86.3 Å². The van der Waals surface area contributed by atoms with E-state index in [1.54, 1.807) is 12.1 Å². The number of benzene rings is 2. The summed E-state index contributed by atoms with van der Waals surface area (Å²) in [4.78, 5) is 2.78. The number of nitrogens with zero attached hydrogens (tertiary/aromatic N) is 1. The van der Waals surface area contributed by atoms with Gasteiger partial charge in [-0.3, -0.25) is 9.62 Å². The van der Waals surface area contributed by atoms with Crippen LogP contribution in [-0.4, -0.2) is 32.4 Å². The molecule has 0 spiro atoms. The van der Waals surface area contributed by atoms with Gasteiger partial charge in [0, 0.05) is 16.8 Å². The van der Waals surface area contributed by atoms with Crippen LogP contribution in [0.3, 0.4) is 0 Å². The van der Waals surface area contributed by atoms with E-state index in [-0.39, 0.29) is 4.90 Å². The van der Waals surface area contributed by atoms with Gasteiger partial charge in [0.2, 0.25) is 0 Å². The van der Waals surface area contributed by atoms with Gasteiger partial charge in [-0.15, -0.1) is 0 Å². The van der Waals surface area contributed by atoms with Crippen LogP contribution in [0, 0.1) is 0 Å². The highest BCUT2D eigenvalue weighted by Crippen LogP contribution is 2.29. The Kier molecular flexibility index (Phi) is 6.45. The SMILES string of the molecule is CCCN(CCC)C1Cc2ccc(NS(=O)(=O)c3ccc(Cl)cc3)cc2C1. The van der Waals surface area contributed by atoms with Crippen LogP contribution < -0.4 is 4.72 Å². The standard InChI is InChI=1S/C21H27ClN2O2S/c1-3-11-24(12-4-2)20-14-16-5-8-19(13-17(16)15-20)23-27(25,26)21-9-6-18(22)7-10-21/h5-10,13,20,23H,3-4,11-12,14-15H2,1-2H3. The highest BCUT2D eigenvalue weighted by Gasteiger charge is 2.26. The molecule has 1 aliphatic rings. The van der Waals surface area contributed by atoms with Gasteiger partial charge in [-0.1, -0.05) is 31.5 Å². The third-order valence-corrected chi connectivity index (χ3v) is 6.68. The zero-order chi connectivity index (χ0) is 19.4. The van der Waals surface area contributed by atoms with E-state index < -0.39 is 10.0 Å². The van der Waals surface area contributed by atoms with Gasteiger partial charge in [-0.25, -0.2) is 8.42 Å². The van der Waals surface area contributed by atoms with Crippen molar-refractivity contribution in [1.82, 2.24) is 4.90 Å². The molecule has 0 aliphatic heterocycles. The van der Waals surface area contributed by atoms with E-state index in [1.165, 1.54) is 23.3 Å². The minimum Gasteiger partial charge on any atom is -0.300 e. The van der Waals surface area contributed by atoms with Gasteiger partial charge >= 0.3 is 0 Å². The van der Waals surface area contributed by atoms with Crippen LogP contribution in [0.4, 0.5) is 5.69 Å². The predicted octanol–water partition coefficient (Wildman–Crippen LogP) is 4.73. The van der Waals surface area contributed by atoms with Crippen molar-refractivity contribution < 1.29 is 8.42 Å². The zero-order valence-electron chi connectivity index (χ0n) is 15.9. The molecule has 4 nitrogen and oxygen atoms in total. The van der Waals surface area contributed by atoms with Crippen molar-refractivity contribution >= 4 is 27.3 Å². The number of halogens is 1. The summed E-state index contributed by atoms with van der Waals surface area (Å²) in [6.45, 7) is 6.66. The third kappa shape index (κ3) is 4.84. The quantitative estimate of drug-likeness (QED) is 0.689. The van der Waals surface area contributed by atoms with Crippen LogP contribution in [-0.2, 0) is 22.9 Å². The highest BCUT2D eigenvalue weighted by atomic mass is 35.5. The molecule has 27 heavy (non-hydrogen) atoms. The summed E-state index contributed by atoms with van der Waals surface area (Å²) in [5, 5.41) is 0.515. The Morgan fingerprint density at radius 1 is 1.00 bits per heavy atom. The van der Waals surface area contributed by atoms with Gasteiger partial charge in [0.05, 0.1) is 4.90 Å². The molecule has 0 radical (unpaired) electrons. The van der Waals surface area contributed by atoms with Gasteiger partial charge in [0.15, 0.2) is 0 Å². The molecular weight excluding hydrogens is 380 g/mol. The smallest absolute Gasteiger partial charge is 0.261 e. The lowest BCUT2D eigenvalue weighted by atomic mass is 10.1. The minimum atomic E-state index is -3.61. The predicted molar refractivity (Wildman–Crippen MR) is 112 cm³/mol. The molecule has 0 fully saturated rings. The van der Waals surface area contributed by atoms with Crippen LogP contribution >= 0.6 is 11.6 Å². The van der Waals surface area contributed by atoms with Gasteiger partial charge in [0.1, 0.15) is 0 Å². The summed E-state index contributed by atoms with van der Waals surface area (Å²) in [6.07, 6.45) is 4.32. The molecule has 2 aromatic rings. The zero-order valence-corrected chi connectivity index (χ0v) is 17.5. The first kappa shape index (κ1) is 20.2. The summed E-state index contributed by atoms with van der Waals surface area (Å²) in [6, 6.07) is 12.6. The Morgan fingerprint density at radius 3 is 2.26 bits per heavy atom. The number of fused-ring (bicyclic) bond motifs is 1. The van der Waals surface area contributed by atoms with E-state index >= 15 is 0 Å². The number of rotatable bonds is 8. The first-order valence-electron chi connectivity index (χ1n) is 9.57. The third-order valence-electron chi connectivity index (χ3n) is 5.03. The average Bonchev–Trinajstić information content (AvgIpc) is 3.05. The molecular formula is C21H27ClN2O2S. The second-order valence-electron chi connectivity index (χ2n) is 7.14. The maximum absolute atomic E-state index is 12.6. The van der Waals surface area contributed by atoms with E-state index in [0.717, 1.165) is 38.8 Å². The van der Waals surface area contributed by atoms with Gasteiger partial charge < -0.3 is 0 Å². The topological polar surface area (TPSA) is 49.4 Å². The van der Waals surface area contributed by atoms with Crippen molar-refractivity contribution in [2.45, 2.75) is 50.5 Å². The lowest BCUT2D eigenvalue weighted by Crippen LogP contribution is -2.37. The Labute approximate surface area is 167 Å². The summed E-state index contributed by atoms with van der Waals surface area (Å²) in [5.41, 5.74) is 3.18.